The minimum absolute atomic E-state index is 0.162. The number of H-pyrrole nitrogens is 1. The molecule has 0 atom stereocenters. The van der Waals surface area contributed by atoms with Crippen molar-refractivity contribution in [2.45, 2.75) is 40.0 Å². The minimum atomic E-state index is 0.162. The number of nitrogens with one attached hydrogen (secondary N) is 1. The van der Waals surface area contributed by atoms with Crippen LogP contribution in [0.1, 0.15) is 37.7 Å². The van der Waals surface area contributed by atoms with E-state index in [-0.39, 0.29) is 5.41 Å². The molecule has 0 amide bonds. The summed E-state index contributed by atoms with van der Waals surface area (Å²) in [5, 5.41) is 7.26. The van der Waals surface area contributed by atoms with E-state index in [1.54, 1.807) is 0 Å². The molecule has 0 saturated carbocycles. The molecule has 1 heterocycles. The van der Waals surface area contributed by atoms with Crippen LogP contribution >= 0.6 is 0 Å². The Labute approximate surface area is 68.0 Å². The number of aromatic nitrogens is 2. The Morgan fingerprint density at radius 1 is 1.18 bits per heavy atom. The fourth-order valence-corrected chi connectivity index (χ4v) is 1.22. The Bertz CT molecular complexity index is 253. The first-order chi connectivity index (χ1) is 4.93. The van der Waals surface area contributed by atoms with Crippen LogP contribution in [0.25, 0.3) is 0 Å². The van der Waals surface area contributed by atoms with E-state index in [1.807, 2.05) is 0 Å². The van der Waals surface area contributed by atoms with Crippen molar-refractivity contribution in [1.29, 1.82) is 0 Å². The summed E-state index contributed by atoms with van der Waals surface area (Å²) in [6, 6.07) is 0. The van der Waals surface area contributed by atoms with Gasteiger partial charge in [-0.05, 0) is 19.4 Å². The summed E-state index contributed by atoms with van der Waals surface area (Å²) in [5.74, 6) is 0. The smallest absolute Gasteiger partial charge is 0.0707 e. The van der Waals surface area contributed by atoms with Gasteiger partial charge in [-0.2, -0.15) is 5.10 Å². The summed E-state index contributed by atoms with van der Waals surface area (Å²) >= 11 is 0. The van der Waals surface area contributed by atoms with Crippen LogP contribution in [0.15, 0.2) is 0 Å². The summed E-state index contributed by atoms with van der Waals surface area (Å²) in [5.41, 5.74) is 3.80. The molecule has 0 aliphatic carbocycles. The van der Waals surface area contributed by atoms with Crippen molar-refractivity contribution in [3.63, 3.8) is 0 Å². The van der Waals surface area contributed by atoms with Crippen LogP contribution in [0.4, 0.5) is 0 Å². The third-order valence-corrected chi connectivity index (χ3v) is 1.96. The van der Waals surface area contributed by atoms with Gasteiger partial charge >= 0.3 is 0 Å². The second-order valence-corrected chi connectivity index (χ2v) is 4.07. The molecule has 1 aromatic rings. The monoisotopic (exact) mass is 152 g/mol. The van der Waals surface area contributed by atoms with Crippen LogP contribution in [-0.2, 0) is 5.41 Å². The molecule has 0 aliphatic heterocycles. The van der Waals surface area contributed by atoms with E-state index in [1.165, 1.54) is 17.0 Å². The Balaban J connectivity index is 3.15. The zero-order valence-corrected chi connectivity index (χ0v) is 7.95. The van der Waals surface area contributed by atoms with E-state index in [4.69, 9.17) is 0 Å². The van der Waals surface area contributed by atoms with Crippen molar-refractivity contribution < 1.29 is 0 Å². The molecule has 0 aliphatic rings. The van der Waals surface area contributed by atoms with E-state index in [2.05, 4.69) is 44.8 Å². The minimum Gasteiger partial charge on any atom is -0.282 e. The first-order valence-electron chi connectivity index (χ1n) is 3.95. The Kier molecular flexibility index (Phi) is 1.78. The number of nitrogens with zero attached hydrogens (tertiary/aromatic N) is 1. The van der Waals surface area contributed by atoms with E-state index in [0.29, 0.717) is 0 Å². The first-order valence-corrected chi connectivity index (χ1v) is 3.95. The van der Waals surface area contributed by atoms with Gasteiger partial charge in [0.05, 0.1) is 5.69 Å². The molecule has 2 nitrogen and oxygen atoms in total. The van der Waals surface area contributed by atoms with Crippen LogP contribution in [0.5, 0.6) is 0 Å². The molecule has 0 bridgehead atoms. The lowest BCUT2D eigenvalue weighted by atomic mass is 9.89. The highest BCUT2D eigenvalue weighted by molar-refractivity contribution is 5.27. The van der Waals surface area contributed by atoms with Crippen LogP contribution in [0.3, 0.4) is 0 Å². The van der Waals surface area contributed by atoms with Gasteiger partial charge in [0.25, 0.3) is 0 Å². The van der Waals surface area contributed by atoms with Crippen molar-refractivity contribution in [2.24, 2.45) is 0 Å². The topological polar surface area (TPSA) is 28.7 Å². The van der Waals surface area contributed by atoms with E-state index in [9.17, 15) is 0 Å². The molecule has 0 aromatic carbocycles. The van der Waals surface area contributed by atoms with Crippen LogP contribution in [0.2, 0.25) is 0 Å². The molecule has 11 heavy (non-hydrogen) atoms. The molecule has 62 valence electrons. The quantitative estimate of drug-likeness (QED) is 0.607. The summed E-state index contributed by atoms with van der Waals surface area (Å²) < 4.78 is 0. The van der Waals surface area contributed by atoms with Crippen molar-refractivity contribution in [1.82, 2.24) is 10.2 Å². The SMILES string of the molecule is Cc1[nH]nc(C(C)(C)C)c1C. The second-order valence-electron chi connectivity index (χ2n) is 4.07. The van der Waals surface area contributed by atoms with Gasteiger partial charge in [0, 0.05) is 11.1 Å². The van der Waals surface area contributed by atoms with Crippen LogP contribution < -0.4 is 0 Å². The van der Waals surface area contributed by atoms with Gasteiger partial charge in [-0.3, -0.25) is 5.10 Å². The molecule has 1 N–H and O–H groups in total. The highest BCUT2D eigenvalue weighted by atomic mass is 15.1. The summed E-state index contributed by atoms with van der Waals surface area (Å²) in [6.07, 6.45) is 0. The predicted molar refractivity (Wildman–Crippen MR) is 46.8 cm³/mol. The van der Waals surface area contributed by atoms with Gasteiger partial charge in [0.1, 0.15) is 0 Å². The van der Waals surface area contributed by atoms with Crippen molar-refractivity contribution >= 4 is 0 Å². The second kappa shape index (κ2) is 2.36. The Morgan fingerprint density at radius 2 is 1.73 bits per heavy atom. The standard InChI is InChI=1S/C9H16N2/c1-6-7(2)10-11-8(6)9(3,4)5/h1-5H3,(H,10,11). The normalized spacial score (nSPS) is 12.1. The van der Waals surface area contributed by atoms with Crippen molar-refractivity contribution in [3.8, 4) is 0 Å². The number of aromatic amines is 1. The van der Waals surface area contributed by atoms with Gasteiger partial charge in [-0.1, -0.05) is 20.8 Å². The molecule has 0 unspecified atom stereocenters. The third kappa shape index (κ3) is 1.44. The lowest BCUT2D eigenvalue weighted by Crippen LogP contribution is -2.13. The summed E-state index contributed by atoms with van der Waals surface area (Å²) in [7, 11) is 0. The lowest BCUT2D eigenvalue weighted by Gasteiger charge is -2.15. The average Bonchev–Trinajstić information content (AvgIpc) is 2.11. The maximum absolute atomic E-state index is 4.26. The highest BCUT2D eigenvalue weighted by Crippen LogP contribution is 2.24. The third-order valence-electron chi connectivity index (χ3n) is 1.96. The number of hydrogen-bond acceptors (Lipinski definition) is 1. The van der Waals surface area contributed by atoms with Crippen LogP contribution in [0, 0.1) is 13.8 Å². The molecule has 0 saturated heterocycles. The van der Waals surface area contributed by atoms with Crippen molar-refractivity contribution in [2.75, 3.05) is 0 Å². The average molecular weight is 152 g/mol. The van der Waals surface area contributed by atoms with Gasteiger partial charge in [0.2, 0.25) is 0 Å². The molecule has 0 radical (unpaired) electrons. The number of aryl methyl sites for hydroxylation is 1. The largest absolute Gasteiger partial charge is 0.282 e. The molecule has 1 rings (SSSR count). The van der Waals surface area contributed by atoms with Gasteiger partial charge in [-0.15, -0.1) is 0 Å². The zero-order chi connectivity index (χ0) is 8.65. The maximum atomic E-state index is 4.26. The summed E-state index contributed by atoms with van der Waals surface area (Å²) in [6.45, 7) is 10.7. The molecule has 0 spiro atoms. The molecule has 1 aromatic heterocycles. The van der Waals surface area contributed by atoms with Gasteiger partial charge in [-0.25, -0.2) is 0 Å². The molecule has 0 fully saturated rings. The van der Waals surface area contributed by atoms with E-state index in [0.717, 1.165) is 0 Å². The Hall–Kier alpha value is -0.790. The lowest BCUT2D eigenvalue weighted by molar-refractivity contribution is 0.563. The Morgan fingerprint density at radius 3 is 1.91 bits per heavy atom. The first kappa shape index (κ1) is 8.31. The molecular weight excluding hydrogens is 136 g/mol. The summed E-state index contributed by atoms with van der Waals surface area (Å²) in [4.78, 5) is 0. The predicted octanol–water partition coefficient (Wildman–Crippen LogP) is 2.32. The molecule has 2 heteroatoms. The van der Waals surface area contributed by atoms with E-state index < -0.39 is 0 Å². The van der Waals surface area contributed by atoms with Gasteiger partial charge in [0.15, 0.2) is 0 Å². The molecular formula is C9H16N2. The fraction of sp³-hybridized carbons (Fsp3) is 0.667. The van der Waals surface area contributed by atoms with Gasteiger partial charge < -0.3 is 0 Å². The highest BCUT2D eigenvalue weighted by Gasteiger charge is 2.19. The number of hydrogen-bond donors (Lipinski definition) is 1. The maximum Gasteiger partial charge on any atom is 0.0707 e. The van der Waals surface area contributed by atoms with Crippen molar-refractivity contribution in [3.05, 3.63) is 17.0 Å². The number of rotatable bonds is 0. The van der Waals surface area contributed by atoms with Crippen LogP contribution in [-0.4, -0.2) is 10.2 Å². The fourth-order valence-electron chi connectivity index (χ4n) is 1.22. The zero-order valence-electron chi connectivity index (χ0n) is 7.95. The van der Waals surface area contributed by atoms with E-state index >= 15 is 0 Å².